The number of nitrogens with zero attached hydrogens (tertiary/aromatic N) is 1. The molecule has 0 amide bonds. The van der Waals surface area contributed by atoms with Crippen LogP contribution < -0.4 is 5.73 Å². The van der Waals surface area contributed by atoms with Crippen molar-refractivity contribution < 1.29 is 0 Å². The first kappa shape index (κ1) is 16.5. The Morgan fingerprint density at radius 1 is 1.00 bits per heavy atom. The molecule has 2 aromatic rings. The average molecular weight is 321 g/mol. The number of nitrogen functional groups attached to an aromatic ring is 1. The van der Waals surface area contributed by atoms with Crippen LogP contribution in [0.1, 0.15) is 41.5 Å². The Hall–Kier alpha value is -0.870. The number of fused-ring (bicyclic) bond motifs is 1. The molecule has 0 saturated heterocycles. The molecule has 2 nitrogen and oxygen atoms in total. The van der Waals surface area contributed by atoms with E-state index in [0.717, 1.165) is 16.5 Å². The minimum absolute atomic E-state index is 0.127. The van der Waals surface area contributed by atoms with Crippen LogP contribution in [0.4, 0.5) is 5.69 Å². The zero-order valence-electron chi connectivity index (χ0n) is 13.7. The minimum Gasteiger partial charge on any atom is -0.397 e. The fraction of sp³-hybridized carbons (Fsp3) is 0.471. The van der Waals surface area contributed by atoms with Gasteiger partial charge in [-0.1, -0.05) is 41.5 Å². The number of pyridine rings is 1. The van der Waals surface area contributed by atoms with E-state index in [1.807, 2.05) is 35.8 Å². The summed E-state index contributed by atoms with van der Waals surface area (Å²) >= 11 is 3.71. The van der Waals surface area contributed by atoms with Crippen LogP contribution in [0.3, 0.4) is 0 Å². The number of hydrogen-bond donors (Lipinski definition) is 1. The largest absolute Gasteiger partial charge is 0.397 e. The molecule has 0 unspecified atom stereocenters. The average Bonchev–Trinajstić information content (AvgIpc) is 2.31. The van der Waals surface area contributed by atoms with Gasteiger partial charge in [-0.2, -0.15) is 0 Å². The zero-order chi connectivity index (χ0) is 15.8. The van der Waals surface area contributed by atoms with Crippen molar-refractivity contribution in [3.63, 3.8) is 0 Å². The van der Waals surface area contributed by atoms with Crippen LogP contribution in [0.5, 0.6) is 0 Å². The predicted octanol–water partition coefficient (Wildman–Crippen LogP) is 5.60. The Labute approximate surface area is 136 Å². The normalized spacial score (nSPS) is 12.9. The Morgan fingerprint density at radius 2 is 1.62 bits per heavy atom. The molecule has 0 aliphatic carbocycles. The van der Waals surface area contributed by atoms with E-state index in [0.29, 0.717) is 0 Å². The summed E-state index contributed by atoms with van der Waals surface area (Å²) in [5.41, 5.74) is 7.36. The van der Waals surface area contributed by atoms with Gasteiger partial charge < -0.3 is 5.73 Å². The highest BCUT2D eigenvalue weighted by Gasteiger charge is 2.22. The zero-order valence-corrected chi connectivity index (χ0v) is 15.3. The molecule has 0 aliphatic rings. The van der Waals surface area contributed by atoms with Crippen LogP contribution in [0.25, 0.3) is 10.8 Å². The van der Waals surface area contributed by atoms with Crippen molar-refractivity contribution in [1.29, 1.82) is 0 Å². The highest BCUT2D eigenvalue weighted by Crippen LogP contribution is 2.47. The van der Waals surface area contributed by atoms with Gasteiger partial charge in [0.05, 0.1) is 5.69 Å². The molecule has 1 heterocycles. The molecular weight excluding hydrogens is 296 g/mol. The summed E-state index contributed by atoms with van der Waals surface area (Å²) in [6, 6.07) is 4.23. The van der Waals surface area contributed by atoms with Gasteiger partial charge in [0.25, 0.3) is 0 Å². The standard InChI is InChI=1S/C17H24N2S2/c1-16(2,3)20-13-9-11-10-19-8-7-12(11)14(18)15(13)21-17(4,5)6/h7-10H,18H2,1-6H3. The van der Waals surface area contributed by atoms with Gasteiger partial charge in [0.1, 0.15) is 0 Å². The molecule has 1 aromatic heterocycles. The Bertz CT molecular complexity index is 652. The number of anilines is 1. The van der Waals surface area contributed by atoms with Gasteiger partial charge in [0.2, 0.25) is 0 Å². The molecule has 0 saturated carbocycles. The first-order valence-corrected chi connectivity index (χ1v) is 8.74. The van der Waals surface area contributed by atoms with Crippen molar-refractivity contribution in [3.05, 3.63) is 24.5 Å². The van der Waals surface area contributed by atoms with Gasteiger partial charge >= 0.3 is 0 Å². The van der Waals surface area contributed by atoms with Crippen molar-refractivity contribution in [2.75, 3.05) is 5.73 Å². The summed E-state index contributed by atoms with van der Waals surface area (Å²) in [7, 11) is 0. The number of benzene rings is 1. The molecule has 0 atom stereocenters. The molecule has 4 heteroatoms. The second-order valence-electron chi connectivity index (χ2n) is 7.14. The molecule has 0 aliphatic heterocycles. The lowest BCUT2D eigenvalue weighted by Gasteiger charge is -2.25. The molecule has 21 heavy (non-hydrogen) atoms. The quantitative estimate of drug-likeness (QED) is 0.577. The van der Waals surface area contributed by atoms with Gasteiger partial charge in [-0.25, -0.2) is 0 Å². The number of aromatic nitrogens is 1. The van der Waals surface area contributed by atoms with Gasteiger partial charge in [-0.05, 0) is 12.1 Å². The highest BCUT2D eigenvalue weighted by atomic mass is 32.2. The summed E-state index contributed by atoms with van der Waals surface area (Å²) < 4.78 is 0.275. The number of hydrogen-bond acceptors (Lipinski definition) is 4. The topological polar surface area (TPSA) is 38.9 Å². The lowest BCUT2D eigenvalue weighted by atomic mass is 10.1. The third-order valence-electron chi connectivity index (χ3n) is 2.72. The van der Waals surface area contributed by atoms with Crippen molar-refractivity contribution in [2.45, 2.75) is 60.8 Å². The SMILES string of the molecule is CC(C)(C)Sc1cc2cnccc2c(N)c1SC(C)(C)C. The van der Waals surface area contributed by atoms with Gasteiger partial charge in [0, 0.05) is 42.5 Å². The van der Waals surface area contributed by atoms with E-state index in [4.69, 9.17) is 5.73 Å². The van der Waals surface area contributed by atoms with E-state index in [9.17, 15) is 0 Å². The Balaban J connectivity index is 2.65. The maximum absolute atomic E-state index is 6.48. The van der Waals surface area contributed by atoms with Gasteiger partial charge in [-0.3, -0.25) is 4.98 Å². The molecule has 114 valence electrons. The third kappa shape index (κ3) is 4.30. The van der Waals surface area contributed by atoms with Gasteiger partial charge in [-0.15, -0.1) is 23.5 Å². The smallest absolute Gasteiger partial charge is 0.0544 e. The lowest BCUT2D eigenvalue weighted by Crippen LogP contribution is -2.11. The predicted molar refractivity (Wildman–Crippen MR) is 97.4 cm³/mol. The Kier molecular flexibility index (Phi) is 4.50. The second-order valence-corrected chi connectivity index (χ2v) is 10.8. The van der Waals surface area contributed by atoms with Crippen molar-refractivity contribution in [2.24, 2.45) is 0 Å². The summed E-state index contributed by atoms with van der Waals surface area (Å²) in [5.74, 6) is 0. The summed E-state index contributed by atoms with van der Waals surface area (Å²) in [4.78, 5) is 6.67. The summed E-state index contributed by atoms with van der Waals surface area (Å²) in [6.07, 6.45) is 3.70. The van der Waals surface area contributed by atoms with Crippen molar-refractivity contribution in [1.82, 2.24) is 4.98 Å². The van der Waals surface area contributed by atoms with Crippen LogP contribution in [-0.4, -0.2) is 14.5 Å². The van der Waals surface area contributed by atoms with Crippen molar-refractivity contribution >= 4 is 40.0 Å². The minimum atomic E-state index is 0.127. The second kappa shape index (κ2) is 5.73. The highest BCUT2D eigenvalue weighted by molar-refractivity contribution is 8.03. The molecule has 0 fully saturated rings. The number of rotatable bonds is 2. The van der Waals surface area contributed by atoms with E-state index in [1.165, 1.54) is 9.79 Å². The lowest BCUT2D eigenvalue weighted by molar-refractivity contribution is 0.795. The molecule has 2 N–H and O–H groups in total. The van der Waals surface area contributed by atoms with Crippen LogP contribution >= 0.6 is 23.5 Å². The van der Waals surface area contributed by atoms with E-state index in [-0.39, 0.29) is 9.49 Å². The van der Waals surface area contributed by atoms with E-state index >= 15 is 0 Å². The van der Waals surface area contributed by atoms with Crippen molar-refractivity contribution in [3.8, 4) is 0 Å². The fourth-order valence-corrected chi connectivity index (χ4v) is 4.34. The molecule has 0 spiro atoms. The molecule has 2 rings (SSSR count). The maximum Gasteiger partial charge on any atom is 0.0544 e. The number of thioether (sulfide) groups is 2. The summed E-state index contributed by atoms with van der Waals surface area (Å²) in [5, 5.41) is 2.20. The van der Waals surface area contributed by atoms with Crippen LogP contribution in [0, 0.1) is 0 Å². The van der Waals surface area contributed by atoms with E-state index in [1.54, 1.807) is 6.20 Å². The van der Waals surface area contributed by atoms with E-state index in [2.05, 4.69) is 52.6 Å². The fourth-order valence-electron chi connectivity index (χ4n) is 2.05. The maximum atomic E-state index is 6.48. The first-order chi connectivity index (χ1) is 9.57. The third-order valence-corrected chi connectivity index (χ3v) is 5.26. The molecule has 1 aromatic carbocycles. The summed E-state index contributed by atoms with van der Waals surface area (Å²) in [6.45, 7) is 13.4. The first-order valence-electron chi connectivity index (χ1n) is 7.11. The molecular formula is C17H24N2S2. The number of nitrogens with two attached hydrogens (primary N) is 1. The van der Waals surface area contributed by atoms with E-state index < -0.39 is 0 Å². The monoisotopic (exact) mass is 320 g/mol. The van der Waals surface area contributed by atoms with Crippen LogP contribution in [-0.2, 0) is 0 Å². The van der Waals surface area contributed by atoms with Crippen LogP contribution in [0.2, 0.25) is 0 Å². The molecule has 0 bridgehead atoms. The van der Waals surface area contributed by atoms with Gasteiger partial charge in [0.15, 0.2) is 0 Å². The van der Waals surface area contributed by atoms with Crippen LogP contribution in [0.15, 0.2) is 34.3 Å². The molecule has 0 radical (unpaired) electrons. The Morgan fingerprint density at radius 3 is 2.19 bits per heavy atom.